The van der Waals surface area contributed by atoms with E-state index in [1.54, 1.807) is 6.20 Å². The number of anilines is 1. The van der Waals surface area contributed by atoms with Crippen LogP contribution in [-0.2, 0) is 0 Å². The van der Waals surface area contributed by atoms with Crippen molar-refractivity contribution in [2.75, 3.05) is 11.9 Å². The number of nitrogens with one attached hydrogen (secondary N) is 1. The highest BCUT2D eigenvalue weighted by molar-refractivity contribution is 5.42. The van der Waals surface area contributed by atoms with Gasteiger partial charge in [-0.2, -0.15) is 0 Å². The van der Waals surface area contributed by atoms with Gasteiger partial charge in [0.2, 0.25) is 0 Å². The fourth-order valence-electron chi connectivity index (χ4n) is 2.13. The van der Waals surface area contributed by atoms with E-state index in [9.17, 15) is 5.11 Å². The molecule has 3 heteroatoms. The Labute approximate surface area is 90.5 Å². The van der Waals surface area contributed by atoms with Crippen LogP contribution in [0.4, 0.5) is 5.82 Å². The Hall–Kier alpha value is -1.09. The van der Waals surface area contributed by atoms with E-state index in [0.29, 0.717) is 6.54 Å². The zero-order valence-corrected chi connectivity index (χ0v) is 9.16. The molecule has 1 heterocycles. The van der Waals surface area contributed by atoms with E-state index in [0.717, 1.165) is 37.1 Å². The summed E-state index contributed by atoms with van der Waals surface area (Å²) < 4.78 is 0. The Kier molecular flexibility index (Phi) is 2.91. The van der Waals surface area contributed by atoms with Gasteiger partial charge in [-0.15, -0.1) is 0 Å². The molecule has 1 aromatic heterocycles. The van der Waals surface area contributed by atoms with Crippen molar-refractivity contribution >= 4 is 5.82 Å². The van der Waals surface area contributed by atoms with Gasteiger partial charge in [-0.1, -0.05) is 18.9 Å². The Balaban J connectivity index is 1.95. The zero-order chi connectivity index (χ0) is 10.7. The first-order valence-corrected chi connectivity index (χ1v) is 5.57. The summed E-state index contributed by atoms with van der Waals surface area (Å²) in [7, 11) is 0. The molecule has 1 aromatic rings. The number of hydrogen-bond acceptors (Lipinski definition) is 3. The van der Waals surface area contributed by atoms with Gasteiger partial charge in [0, 0.05) is 12.7 Å². The quantitative estimate of drug-likeness (QED) is 0.796. The van der Waals surface area contributed by atoms with Gasteiger partial charge >= 0.3 is 0 Å². The standard InChI is InChI=1S/C12H18N2O/c1-10-5-4-8-13-11(10)14-9-12(15)6-2-3-7-12/h4-5,8,15H,2-3,6-7,9H2,1H3,(H,13,14). The Morgan fingerprint density at radius 2 is 2.20 bits per heavy atom. The van der Waals surface area contributed by atoms with Gasteiger partial charge in [0.05, 0.1) is 5.60 Å². The highest BCUT2D eigenvalue weighted by Gasteiger charge is 2.30. The lowest BCUT2D eigenvalue weighted by Gasteiger charge is -2.23. The van der Waals surface area contributed by atoms with Crippen LogP contribution in [0.15, 0.2) is 18.3 Å². The normalized spacial score (nSPS) is 19.1. The lowest BCUT2D eigenvalue weighted by atomic mass is 10.0. The van der Waals surface area contributed by atoms with Crippen LogP contribution in [0.3, 0.4) is 0 Å². The monoisotopic (exact) mass is 206 g/mol. The molecule has 0 amide bonds. The average Bonchev–Trinajstić information content (AvgIpc) is 2.65. The maximum absolute atomic E-state index is 10.2. The molecule has 0 spiro atoms. The van der Waals surface area contributed by atoms with Crippen LogP contribution in [0.25, 0.3) is 0 Å². The zero-order valence-electron chi connectivity index (χ0n) is 9.16. The minimum Gasteiger partial charge on any atom is -0.388 e. The maximum Gasteiger partial charge on any atom is 0.128 e. The van der Waals surface area contributed by atoms with Gasteiger partial charge in [0.1, 0.15) is 5.82 Å². The molecule has 1 saturated carbocycles. The van der Waals surface area contributed by atoms with Crippen LogP contribution in [0.1, 0.15) is 31.2 Å². The van der Waals surface area contributed by atoms with Crippen LogP contribution in [0.5, 0.6) is 0 Å². The maximum atomic E-state index is 10.2. The minimum atomic E-state index is -0.510. The molecule has 2 N–H and O–H groups in total. The van der Waals surface area contributed by atoms with Gasteiger partial charge in [-0.3, -0.25) is 0 Å². The predicted molar refractivity (Wildman–Crippen MR) is 60.9 cm³/mol. The van der Waals surface area contributed by atoms with Crippen LogP contribution in [-0.4, -0.2) is 22.2 Å². The number of rotatable bonds is 3. The van der Waals surface area contributed by atoms with Gasteiger partial charge in [-0.05, 0) is 31.4 Å². The Morgan fingerprint density at radius 3 is 2.87 bits per heavy atom. The molecule has 1 fully saturated rings. The minimum absolute atomic E-state index is 0.510. The number of aliphatic hydroxyl groups is 1. The van der Waals surface area contributed by atoms with Crippen molar-refractivity contribution in [2.24, 2.45) is 0 Å². The number of pyridine rings is 1. The topological polar surface area (TPSA) is 45.2 Å². The van der Waals surface area contributed by atoms with Crippen LogP contribution in [0.2, 0.25) is 0 Å². The molecule has 0 radical (unpaired) electrons. The van der Waals surface area contributed by atoms with Crippen molar-refractivity contribution in [3.63, 3.8) is 0 Å². The average molecular weight is 206 g/mol. The number of aromatic nitrogens is 1. The summed E-state index contributed by atoms with van der Waals surface area (Å²) in [5.41, 5.74) is 0.614. The number of hydrogen-bond donors (Lipinski definition) is 2. The van der Waals surface area contributed by atoms with E-state index in [-0.39, 0.29) is 0 Å². The van der Waals surface area contributed by atoms with E-state index >= 15 is 0 Å². The summed E-state index contributed by atoms with van der Waals surface area (Å²) in [6.45, 7) is 2.64. The first-order valence-electron chi connectivity index (χ1n) is 5.57. The Bertz CT molecular complexity index is 332. The second-order valence-corrected chi connectivity index (χ2v) is 4.45. The highest BCUT2D eigenvalue weighted by Crippen LogP contribution is 2.29. The van der Waals surface area contributed by atoms with E-state index in [4.69, 9.17) is 0 Å². The summed E-state index contributed by atoms with van der Waals surface area (Å²) in [4.78, 5) is 4.25. The SMILES string of the molecule is Cc1cccnc1NCC1(O)CCCC1. The lowest BCUT2D eigenvalue weighted by molar-refractivity contribution is 0.0614. The summed E-state index contributed by atoms with van der Waals surface area (Å²) >= 11 is 0. The fourth-order valence-corrected chi connectivity index (χ4v) is 2.13. The van der Waals surface area contributed by atoms with E-state index < -0.39 is 5.60 Å². The molecular weight excluding hydrogens is 188 g/mol. The second-order valence-electron chi connectivity index (χ2n) is 4.45. The molecule has 15 heavy (non-hydrogen) atoms. The van der Waals surface area contributed by atoms with Crippen molar-refractivity contribution in [1.29, 1.82) is 0 Å². The van der Waals surface area contributed by atoms with E-state index in [2.05, 4.69) is 10.3 Å². The van der Waals surface area contributed by atoms with Crippen LogP contribution >= 0.6 is 0 Å². The molecule has 0 bridgehead atoms. The van der Waals surface area contributed by atoms with Crippen LogP contribution < -0.4 is 5.32 Å². The molecule has 0 aromatic carbocycles. The van der Waals surface area contributed by atoms with E-state index in [1.807, 2.05) is 19.1 Å². The third-order valence-electron chi connectivity index (χ3n) is 3.13. The fraction of sp³-hybridized carbons (Fsp3) is 0.583. The van der Waals surface area contributed by atoms with Gasteiger partial charge in [0.25, 0.3) is 0 Å². The summed E-state index contributed by atoms with van der Waals surface area (Å²) in [6, 6.07) is 3.94. The molecule has 0 atom stereocenters. The first-order chi connectivity index (χ1) is 7.20. The van der Waals surface area contributed by atoms with Crippen molar-refractivity contribution in [1.82, 2.24) is 4.98 Å². The molecule has 0 aliphatic heterocycles. The smallest absolute Gasteiger partial charge is 0.128 e. The second kappa shape index (κ2) is 4.19. The molecule has 0 saturated heterocycles. The summed E-state index contributed by atoms with van der Waals surface area (Å²) in [5, 5.41) is 13.4. The Morgan fingerprint density at radius 1 is 1.47 bits per heavy atom. The van der Waals surface area contributed by atoms with Gasteiger partial charge in [0.15, 0.2) is 0 Å². The summed E-state index contributed by atoms with van der Waals surface area (Å²) in [5.74, 6) is 0.887. The predicted octanol–water partition coefficient (Wildman–Crippen LogP) is 2.11. The van der Waals surface area contributed by atoms with Crippen molar-refractivity contribution in [2.45, 2.75) is 38.2 Å². The lowest BCUT2D eigenvalue weighted by Crippen LogP contribution is -2.33. The van der Waals surface area contributed by atoms with Crippen LogP contribution in [0, 0.1) is 6.92 Å². The summed E-state index contributed by atoms with van der Waals surface area (Å²) in [6.07, 6.45) is 5.87. The van der Waals surface area contributed by atoms with Gasteiger partial charge in [-0.25, -0.2) is 4.98 Å². The van der Waals surface area contributed by atoms with Gasteiger partial charge < -0.3 is 10.4 Å². The molecule has 1 aliphatic rings. The van der Waals surface area contributed by atoms with Crippen molar-refractivity contribution in [3.05, 3.63) is 23.9 Å². The third kappa shape index (κ3) is 2.48. The van der Waals surface area contributed by atoms with Crippen molar-refractivity contribution < 1.29 is 5.11 Å². The number of aryl methyl sites for hydroxylation is 1. The third-order valence-corrected chi connectivity index (χ3v) is 3.13. The van der Waals surface area contributed by atoms with E-state index in [1.165, 1.54) is 0 Å². The van der Waals surface area contributed by atoms with Crippen molar-refractivity contribution in [3.8, 4) is 0 Å². The first kappa shape index (κ1) is 10.4. The largest absolute Gasteiger partial charge is 0.388 e. The molecular formula is C12H18N2O. The number of nitrogens with zero attached hydrogens (tertiary/aromatic N) is 1. The molecule has 82 valence electrons. The molecule has 2 rings (SSSR count). The molecule has 3 nitrogen and oxygen atoms in total. The molecule has 0 unspecified atom stereocenters. The highest BCUT2D eigenvalue weighted by atomic mass is 16.3. The molecule has 1 aliphatic carbocycles.